The monoisotopic (exact) mass is 264 g/mol. The smallest absolute Gasteiger partial charge is 0.178 e. The van der Waals surface area contributed by atoms with E-state index in [1.807, 2.05) is 31.5 Å². The predicted octanol–water partition coefficient (Wildman–Crippen LogP) is 1.67. The second kappa shape index (κ2) is 5.88. The number of hydrogen-bond donors (Lipinski definition) is 1. The van der Waals surface area contributed by atoms with E-state index in [4.69, 9.17) is 5.11 Å². The molecule has 2 rings (SSSR count). The summed E-state index contributed by atoms with van der Waals surface area (Å²) < 4.78 is 2.05. The number of rotatable bonds is 6. The van der Waals surface area contributed by atoms with E-state index in [9.17, 15) is 4.79 Å². The summed E-state index contributed by atoms with van der Waals surface area (Å²) in [7, 11) is 1.98. The lowest BCUT2D eigenvalue weighted by Crippen LogP contribution is -2.44. The highest BCUT2D eigenvalue weighted by Crippen LogP contribution is 2.25. The first-order valence-corrected chi connectivity index (χ1v) is 7.05. The lowest BCUT2D eigenvalue weighted by molar-refractivity contribution is 0.0747. The van der Waals surface area contributed by atoms with Gasteiger partial charge in [0.25, 0.3) is 0 Å². The first kappa shape index (κ1) is 14.3. The van der Waals surface area contributed by atoms with Crippen LogP contribution in [0.1, 0.15) is 41.0 Å². The first-order valence-electron chi connectivity index (χ1n) is 7.05. The average Bonchev–Trinajstić information content (AvgIpc) is 2.55. The van der Waals surface area contributed by atoms with E-state index < -0.39 is 0 Å². The Labute approximate surface area is 115 Å². The minimum absolute atomic E-state index is 0.122. The summed E-state index contributed by atoms with van der Waals surface area (Å²) >= 11 is 0. The van der Waals surface area contributed by atoms with E-state index in [1.165, 1.54) is 6.42 Å². The van der Waals surface area contributed by atoms with Crippen LogP contribution in [0, 0.1) is 13.8 Å². The van der Waals surface area contributed by atoms with Crippen molar-refractivity contribution < 1.29 is 9.90 Å². The largest absolute Gasteiger partial charge is 0.395 e. The van der Waals surface area contributed by atoms with Gasteiger partial charge < -0.3 is 9.67 Å². The first-order chi connectivity index (χ1) is 9.04. The maximum Gasteiger partial charge on any atom is 0.178 e. The molecule has 0 spiro atoms. The Hall–Kier alpha value is -1.13. The van der Waals surface area contributed by atoms with Crippen LogP contribution in [0.5, 0.6) is 0 Å². The van der Waals surface area contributed by atoms with Gasteiger partial charge in [0, 0.05) is 36.6 Å². The zero-order chi connectivity index (χ0) is 14.0. The van der Waals surface area contributed by atoms with Gasteiger partial charge in [0.1, 0.15) is 0 Å². The van der Waals surface area contributed by atoms with Crippen LogP contribution >= 0.6 is 0 Å². The van der Waals surface area contributed by atoms with Crippen molar-refractivity contribution in [1.82, 2.24) is 9.47 Å². The maximum atomic E-state index is 12.4. The van der Waals surface area contributed by atoms with Crippen molar-refractivity contribution in [2.45, 2.75) is 39.2 Å². The van der Waals surface area contributed by atoms with Gasteiger partial charge in [0.2, 0.25) is 0 Å². The minimum Gasteiger partial charge on any atom is -0.395 e. The van der Waals surface area contributed by atoms with Crippen LogP contribution in [0.3, 0.4) is 0 Å². The third-order valence-electron chi connectivity index (χ3n) is 4.40. The summed E-state index contributed by atoms with van der Waals surface area (Å²) in [6.07, 6.45) is 3.55. The molecule has 0 aromatic carbocycles. The Bertz CT molecular complexity index is 461. The molecule has 1 fully saturated rings. The SMILES string of the molecule is Cc1cc(C(=O)CN(CCO)C2CCC2)c(C)n1C. The second-order valence-corrected chi connectivity index (χ2v) is 5.55. The molecule has 0 unspecified atom stereocenters. The molecular weight excluding hydrogens is 240 g/mol. The van der Waals surface area contributed by atoms with Crippen LogP contribution in [-0.2, 0) is 7.05 Å². The summed E-state index contributed by atoms with van der Waals surface area (Å²) in [5.74, 6) is 0.168. The zero-order valence-electron chi connectivity index (χ0n) is 12.1. The molecule has 1 aromatic heterocycles. The molecule has 1 saturated carbocycles. The topological polar surface area (TPSA) is 45.5 Å². The van der Waals surface area contributed by atoms with Gasteiger partial charge in [-0.15, -0.1) is 0 Å². The Morgan fingerprint density at radius 2 is 2.16 bits per heavy atom. The molecule has 106 valence electrons. The van der Waals surface area contributed by atoms with Gasteiger partial charge in [-0.25, -0.2) is 0 Å². The number of carbonyl (C=O) groups is 1. The van der Waals surface area contributed by atoms with E-state index >= 15 is 0 Å². The van der Waals surface area contributed by atoms with Crippen LogP contribution < -0.4 is 0 Å². The third-order valence-corrected chi connectivity index (χ3v) is 4.40. The fraction of sp³-hybridized carbons (Fsp3) is 0.667. The number of nitrogens with zero attached hydrogens (tertiary/aromatic N) is 2. The second-order valence-electron chi connectivity index (χ2n) is 5.55. The van der Waals surface area contributed by atoms with Gasteiger partial charge in [0.15, 0.2) is 5.78 Å². The zero-order valence-corrected chi connectivity index (χ0v) is 12.1. The number of aryl methyl sites for hydroxylation is 1. The summed E-state index contributed by atoms with van der Waals surface area (Å²) in [5.41, 5.74) is 2.96. The Morgan fingerprint density at radius 3 is 2.58 bits per heavy atom. The number of aliphatic hydroxyl groups is 1. The number of Topliss-reactive ketones (excluding diaryl/α,β-unsaturated/α-hetero) is 1. The number of hydrogen-bond acceptors (Lipinski definition) is 3. The highest BCUT2D eigenvalue weighted by molar-refractivity contribution is 5.99. The Morgan fingerprint density at radius 1 is 1.47 bits per heavy atom. The van der Waals surface area contributed by atoms with Gasteiger partial charge in [-0.1, -0.05) is 6.42 Å². The van der Waals surface area contributed by atoms with Gasteiger partial charge in [-0.3, -0.25) is 9.69 Å². The van der Waals surface area contributed by atoms with Gasteiger partial charge in [0.05, 0.1) is 13.2 Å². The molecule has 1 N–H and O–H groups in total. The normalized spacial score (nSPS) is 15.8. The highest BCUT2D eigenvalue weighted by Gasteiger charge is 2.27. The van der Waals surface area contributed by atoms with Crippen molar-refractivity contribution in [1.29, 1.82) is 0 Å². The van der Waals surface area contributed by atoms with Gasteiger partial charge in [-0.2, -0.15) is 0 Å². The maximum absolute atomic E-state index is 12.4. The van der Waals surface area contributed by atoms with Crippen molar-refractivity contribution >= 4 is 5.78 Å². The minimum atomic E-state index is 0.122. The molecule has 0 bridgehead atoms. The van der Waals surface area contributed by atoms with Crippen molar-refractivity contribution in [2.24, 2.45) is 7.05 Å². The van der Waals surface area contributed by atoms with Crippen LogP contribution in [-0.4, -0.2) is 46.1 Å². The molecule has 0 aliphatic heterocycles. The summed E-state index contributed by atoms with van der Waals surface area (Å²) in [6.45, 7) is 5.15. The van der Waals surface area contributed by atoms with Crippen molar-refractivity contribution in [2.75, 3.05) is 19.7 Å². The van der Waals surface area contributed by atoms with E-state index in [0.717, 1.165) is 29.8 Å². The lowest BCUT2D eigenvalue weighted by Gasteiger charge is -2.36. The molecule has 0 radical (unpaired) electrons. The third kappa shape index (κ3) is 2.90. The molecule has 1 aliphatic rings. The van der Waals surface area contributed by atoms with E-state index in [-0.39, 0.29) is 12.4 Å². The molecule has 0 atom stereocenters. The average molecular weight is 264 g/mol. The van der Waals surface area contributed by atoms with Crippen LogP contribution in [0.4, 0.5) is 0 Å². The Balaban J connectivity index is 2.07. The lowest BCUT2D eigenvalue weighted by atomic mass is 9.91. The standard InChI is InChI=1S/C15H24N2O2/c1-11-9-14(12(2)16(11)3)15(19)10-17(7-8-18)13-5-4-6-13/h9,13,18H,4-8,10H2,1-3H3. The molecule has 1 aromatic rings. The molecule has 4 nitrogen and oxygen atoms in total. The molecule has 0 saturated heterocycles. The summed E-state index contributed by atoms with van der Waals surface area (Å²) in [6, 6.07) is 2.46. The predicted molar refractivity (Wildman–Crippen MR) is 75.5 cm³/mol. The molecule has 19 heavy (non-hydrogen) atoms. The van der Waals surface area contributed by atoms with E-state index in [1.54, 1.807) is 0 Å². The van der Waals surface area contributed by atoms with Crippen molar-refractivity contribution in [3.63, 3.8) is 0 Å². The summed E-state index contributed by atoms with van der Waals surface area (Å²) in [4.78, 5) is 14.6. The highest BCUT2D eigenvalue weighted by atomic mass is 16.3. The Kier molecular flexibility index (Phi) is 4.42. The fourth-order valence-corrected chi connectivity index (χ4v) is 2.68. The molecule has 1 aliphatic carbocycles. The summed E-state index contributed by atoms with van der Waals surface area (Å²) in [5, 5.41) is 9.13. The van der Waals surface area contributed by atoms with E-state index in [0.29, 0.717) is 19.1 Å². The number of ketones is 1. The van der Waals surface area contributed by atoms with Crippen molar-refractivity contribution in [3.05, 3.63) is 23.0 Å². The molecule has 4 heteroatoms. The van der Waals surface area contributed by atoms with Crippen LogP contribution in [0.2, 0.25) is 0 Å². The van der Waals surface area contributed by atoms with Crippen molar-refractivity contribution in [3.8, 4) is 0 Å². The van der Waals surface area contributed by atoms with Gasteiger partial charge in [-0.05, 0) is 32.8 Å². The van der Waals surface area contributed by atoms with Crippen LogP contribution in [0.15, 0.2) is 6.07 Å². The molecular formula is C15H24N2O2. The van der Waals surface area contributed by atoms with Crippen LogP contribution in [0.25, 0.3) is 0 Å². The van der Waals surface area contributed by atoms with E-state index in [2.05, 4.69) is 4.90 Å². The van der Waals surface area contributed by atoms with Gasteiger partial charge >= 0.3 is 0 Å². The molecule has 0 amide bonds. The number of aromatic nitrogens is 1. The number of carbonyl (C=O) groups excluding carboxylic acids is 1. The fourth-order valence-electron chi connectivity index (χ4n) is 2.68. The quantitative estimate of drug-likeness (QED) is 0.795. The number of aliphatic hydroxyl groups excluding tert-OH is 1. The molecule has 1 heterocycles.